The van der Waals surface area contributed by atoms with E-state index in [1.165, 1.54) is 6.26 Å². The Morgan fingerprint density at radius 1 is 1.59 bits per heavy atom. The van der Waals surface area contributed by atoms with Gasteiger partial charge in [-0.05, 0) is 11.8 Å². The fourth-order valence-corrected chi connectivity index (χ4v) is 1.67. The lowest BCUT2D eigenvalue weighted by atomic mass is 9.84. The lowest BCUT2D eigenvalue weighted by molar-refractivity contribution is -0.125. The molecule has 3 N–H and O–H groups in total. The summed E-state index contributed by atoms with van der Waals surface area (Å²) in [6, 6.07) is 1.72. The minimum Gasteiger partial charge on any atom is -0.364 e. The first-order valence-corrected chi connectivity index (χ1v) is 5.79. The molecule has 0 fully saturated rings. The van der Waals surface area contributed by atoms with Gasteiger partial charge in [-0.25, -0.2) is 0 Å². The van der Waals surface area contributed by atoms with E-state index < -0.39 is 0 Å². The summed E-state index contributed by atoms with van der Waals surface area (Å²) in [5.74, 6) is -0.174. The zero-order valence-corrected chi connectivity index (χ0v) is 10.7. The zero-order valence-electron chi connectivity index (χ0n) is 10.7. The minimum atomic E-state index is -0.151. The SMILES string of the molecule is CC(C)(C)CC(CN)C(=O)NCc1ccon1. The number of nitrogens with two attached hydrogens (primary N) is 1. The van der Waals surface area contributed by atoms with Gasteiger partial charge in [-0.2, -0.15) is 0 Å². The molecule has 1 rings (SSSR count). The Kier molecular flexibility index (Phi) is 4.69. The second-order valence-electron chi connectivity index (χ2n) is 5.41. The van der Waals surface area contributed by atoms with Crippen LogP contribution < -0.4 is 11.1 Å². The van der Waals surface area contributed by atoms with Crippen molar-refractivity contribution in [2.75, 3.05) is 6.54 Å². The van der Waals surface area contributed by atoms with Gasteiger partial charge in [0.1, 0.15) is 12.0 Å². The molecule has 96 valence electrons. The average molecular weight is 239 g/mol. The fourth-order valence-electron chi connectivity index (χ4n) is 1.67. The molecule has 1 aromatic heterocycles. The largest absolute Gasteiger partial charge is 0.364 e. The Bertz CT molecular complexity index is 341. The van der Waals surface area contributed by atoms with Crippen molar-refractivity contribution in [3.63, 3.8) is 0 Å². The van der Waals surface area contributed by atoms with Gasteiger partial charge in [0.15, 0.2) is 0 Å². The number of aromatic nitrogens is 1. The van der Waals surface area contributed by atoms with Crippen LogP contribution in [0.3, 0.4) is 0 Å². The van der Waals surface area contributed by atoms with Gasteiger partial charge >= 0.3 is 0 Å². The molecule has 0 aliphatic heterocycles. The lowest BCUT2D eigenvalue weighted by Crippen LogP contribution is -2.36. The highest BCUT2D eigenvalue weighted by Crippen LogP contribution is 2.23. The van der Waals surface area contributed by atoms with Crippen LogP contribution in [0.1, 0.15) is 32.9 Å². The van der Waals surface area contributed by atoms with Crippen LogP contribution >= 0.6 is 0 Å². The van der Waals surface area contributed by atoms with E-state index in [9.17, 15) is 4.79 Å². The van der Waals surface area contributed by atoms with Crippen LogP contribution in [-0.2, 0) is 11.3 Å². The molecular formula is C12H21N3O2. The van der Waals surface area contributed by atoms with Crippen molar-refractivity contribution in [1.82, 2.24) is 10.5 Å². The monoisotopic (exact) mass is 239 g/mol. The number of nitrogens with one attached hydrogen (secondary N) is 1. The molecule has 0 radical (unpaired) electrons. The van der Waals surface area contributed by atoms with E-state index in [4.69, 9.17) is 5.73 Å². The predicted molar refractivity (Wildman–Crippen MR) is 65.0 cm³/mol. The average Bonchev–Trinajstić information content (AvgIpc) is 2.74. The molecule has 5 nitrogen and oxygen atoms in total. The third-order valence-corrected chi connectivity index (χ3v) is 2.45. The molecule has 17 heavy (non-hydrogen) atoms. The normalized spacial score (nSPS) is 13.4. The van der Waals surface area contributed by atoms with E-state index in [1.807, 2.05) is 0 Å². The van der Waals surface area contributed by atoms with Crippen LogP contribution in [0.5, 0.6) is 0 Å². The van der Waals surface area contributed by atoms with Crippen molar-refractivity contribution in [1.29, 1.82) is 0 Å². The number of nitrogens with zero attached hydrogens (tertiary/aromatic N) is 1. The summed E-state index contributed by atoms with van der Waals surface area (Å²) in [4.78, 5) is 11.9. The van der Waals surface area contributed by atoms with Crippen molar-refractivity contribution >= 4 is 5.91 Å². The first kappa shape index (κ1) is 13.7. The van der Waals surface area contributed by atoms with Crippen molar-refractivity contribution in [2.45, 2.75) is 33.7 Å². The molecule has 0 bridgehead atoms. The molecule has 0 aliphatic rings. The van der Waals surface area contributed by atoms with Gasteiger partial charge in [0, 0.05) is 12.6 Å². The Morgan fingerprint density at radius 3 is 2.76 bits per heavy atom. The second-order valence-corrected chi connectivity index (χ2v) is 5.41. The minimum absolute atomic E-state index is 0.0228. The maximum atomic E-state index is 11.9. The quantitative estimate of drug-likeness (QED) is 0.811. The summed E-state index contributed by atoms with van der Waals surface area (Å²) in [6.45, 7) is 7.04. The van der Waals surface area contributed by atoms with Gasteiger partial charge < -0.3 is 15.6 Å². The summed E-state index contributed by atoms with van der Waals surface area (Å²) in [5, 5.41) is 6.54. The number of carbonyl (C=O) groups excluding carboxylic acids is 1. The third kappa shape index (κ3) is 4.99. The first-order valence-electron chi connectivity index (χ1n) is 5.79. The summed E-state index contributed by atoms with van der Waals surface area (Å²) < 4.78 is 4.69. The molecule has 1 heterocycles. The topological polar surface area (TPSA) is 81.2 Å². The van der Waals surface area contributed by atoms with Crippen LogP contribution in [0.2, 0.25) is 0 Å². The molecule has 0 saturated carbocycles. The Labute approximate surface area is 102 Å². The van der Waals surface area contributed by atoms with Crippen LogP contribution in [0.25, 0.3) is 0 Å². The highest BCUT2D eigenvalue weighted by molar-refractivity contribution is 5.78. The van der Waals surface area contributed by atoms with Crippen LogP contribution in [0.4, 0.5) is 0 Å². The molecule has 0 aliphatic carbocycles. The Morgan fingerprint density at radius 2 is 2.29 bits per heavy atom. The molecule has 0 saturated heterocycles. The highest BCUT2D eigenvalue weighted by Gasteiger charge is 2.23. The molecule has 0 spiro atoms. The van der Waals surface area contributed by atoms with Gasteiger partial charge in [0.2, 0.25) is 5.91 Å². The van der Waals surface area contributed by atoms with Crippen LogP contribution in [0, 0.1) is 11.3 Å². The zero-order chi connectivity index (χ0) is 12.9. The van der Waals surface area contributed by atoms with Crippen molar-refractivity contribution in [3.8, 4) is 0 Å². The maximum absolute atomic E-state index is 11.9. The van der Waals surface area contributed by atoms with Crippen molar-refractivity contribution in [2.24, 2.45) is 17.1 Å². The van der Waals surface area contributed by atoms with Crippen molar-refractivity contribution in [3.05, 3.63) is 18.0 Å². The van der Waals surface area contributed by atoms with E-state index in [-0.39, 0.29) is 17.2 Å². The van der Waals surface area contributed by atoms with E-state index >= 15 is 0 Å². The van der Waals surface area contributed by atoms with Gasteiger partial charge in [0.25, 0.3) is 0 Å². The van der Waals surface area contributed by atoms with Gasteiger partial charge in [0.05, 0.1) is 12.5 Å². The predicted octanol–water partition coefficient (Wildman–Crippen LogP) is 1.30. The standard InChI is InChI=1S/C12H21N3O2/c1-12(2,3)6-9(7-13)11(16)14-8-10-4-5-17-15-10/h4-5,9H,6-8,13H2,1-3H3,(H,14,16). The van der Waals surface area contributed by atoms with E-state index in [0.717, 1.165) is 6.42 Å². The number of rotatable bonds is 5. The second kappa shape index (κ2) is 5.82. The maximum Gasteiger partial charge on any atom is 0.224 e. The molecule has 1 aromatic rings. The molecule has 1 atom stereocenters. The Balaban J connectivity index is 2.44. The van der Waals surface area contributed by atoms with Crippen molar-refractivity contribution < 1.29 is 9.32 Å². The van der Waals surface area contributed by atoms with E-state index in [2.05, 4.69) is 35.8 Å². The molecular weight excluding hydrogens is 218 g/mol. The summed E-state index contributed by atoms with van der Waals surface area (Å²) in [7, 11) is 0. The van der Waals surface area contributed by atoms with E-state index in [0.29, 0.717) is 18.8 Å². The number of amides is 1. The fraction of sp³-hybridized carbons (Fsp3) is 0.667. The van der Waals surface area contributed by atoms with Crippen LogP contribution in [-0.4, -0.2) is 17.6 Å². The third-order valence-electron chi connectivity index (χ3n) is 2.45. The lowest BCUT2D eigenvalue weighted by Gasteiger charge is -2.24. The Hall–Kier alpha value is -1.36. The number of hydrogen-bond donors (Lipinski definition) is 2. The molecule has 1 amide bonds. The number of carbonyl (C=O) groups is 1. The smallest absolute Gasteiger partial charge is 0.224 e. The highest BCUT2D eigenvalue weighted by atomic mass is 16.5. The van der Waals surface area contributed by atoms with Crippen LogP contribution in [0.15, 0.2) is 16.9 Å². The summed E-state index contributed by atoms with van der Waals surface area (Å²) >= 11 is 0. The van der Waals surface area contributed by atoms with Gasteiger partial charge in [-0.3, -0.25) is 4.79 Å². The molecule has 5 heteroatoms. The molecule has 1 unspecified atom stereocenters. The van der Waals surface area contributed by atoms with Gasteiger partial charge in [-0.15, -0.1) is 0 Å². The summed E-state index contributed by atoms with van der Waals surface area (Å²) in [5.41, 5.74) is 6.44. The van der Waals surface area contributed by atoms with Gasteiger partial charge in [-0.1, -0.05) is 25.9 Å². The number of hydrogen-bond acceptors (Lipinski definition) is 4. The summed E-state index contributed by atoms with van der Waals surface area (Å²) in [6.07, 6.45) is 2.26. The molecule has 0 aromatic carbocycles. The first-order chi connectivity index (χ1) is 7.92. The van der Waals surface area contributed by atoms with E-state index in [1.54, 1.807) is 6.07 Å².